The molecule has 1 saturated heterocycles. The van der Waals surface area contributed by atoms with Crippen LogP contribution in [0.3, 0.4) is 0 Å². The van der Waals surface area contributed by atoms with Crippen LogP contribution >= 0.6 is 0 Å². The second-order valence-corrected chi connectivity index (χ2v) is 3.24. The predicted octanol–water partition coefficient (Wildman–Crippen LogP) is -0.691. The first-order valence-electron chi connectivity index (χ1n) is 3.74. The molecule has 68 valence electrons. The zero-order chi connectivity index (χ0) is 9.35. The lowest BCUT2D eigenvalue weighted by molar-refractivity contribution is -0.130. The minimum atomic E-state index is -0.827. The molecule has 0 unspecified atom stereocenters. The van der Waals surface area contributed by atoms with Gasteiger partial charge in [0, 0.05) is 0 Å². The van der Waals surface area contributed by atoms with E-state index in [0.29, 0.717) is 0 Å². The number of β-amino-alcohol motifs (C(OH)–C–C–N with tert-alkyl or cyclic N) is 1. The number of amides is 3. The Morgan fingerprint density at radius 2 is 2.08 bits per heavy atom. The van der Waals surface area contributed by atoms with Crippen LogP contribution in [0.15, 0.2) is 0 Å². The molecule has 0 aromatic heterocycles. The number of nitrogens with one attached hydrogen (secondary N) is 1. The van der Waals surface area contributed by atoms with Crippen LogP contribution in [0.1, 0.15) is 13.8 Å². The van der Waals surface area contributed by atoms with Gasteiger partial charge in [0.15, 0.2) is 0 Å². The topological polar surface area (TPSA) is 69.6 Å². The fourth-order valence-electron chi connectivity index (χ4n) is 1.12. The van der Waals surface area contributed by atoms with E-state index >= 15 is 0 Å². The van der Waals surface area contributed by atoms with Crippen molar-refractivity contribution in [2.45, 2.75) is 19.4 Å². The maximum Gasteiger partial charge on any atom is 0.325 e. The van der Waals surface area contributed by atoms with E-state index in [2.05, 4.69) is 5.32 Å². The van der Waals surface area contributed by atoms with Crippen molar-refractivity contribution >= 4 is 11.9 Å². The molecular weight excluding hydrogens is 160 g/mol. The average Bonchev–Trinajstić information content (AvgIpc) is 2.13. The number of hydrogen-bond acceptors (Lipinski definition) is 3. The van der Waals surface area contributed by atoms with Gasteiger partial charge in [-0.3, -0.25) is 9.69 Å². The molecule has 5 nitrogen and oxygen atoms in total. The standard InChI is InChI=1S/C7H12N2O3/c1-7(2)5(11)9(3-4-10)6(12)8-7/h10H,3-4H2,1-2H3,(H,8,12). The maximum absolute atomic E-state index is 11.4. The summed E-state index contributed by atoms with van der Waals surface area (Å²) in [5.74, 6) is -0.290. The molecule has 0 atom stereocenters. The van der Waals surface area contributed by atoms with Crippen LogP contribution in [-0.2, 0) is 4.79 Å². The summed E-state index contributed by atoms with van der Waals surface area (Å²) < 4.78 is 0. The second-order valence-electron chi connectivity index (χ2n) is 3.24. The van der Waals surface area contributed by atoms with Gasteiger partial charge in [0.05, 0.1) is 13.2 Å². The number of aliphatic hydroxyl groups excluding tert-OH is 1. The van der Waals surface area contributed by atoms with E-state index in [0.717, 1.165) is 4.90 Å². The number of rotatable bonds is 2. The van der Waals surface area contributed by atoms with Crippen molar-refractivity contribution in [1.29, 1.82) is 0 Å². The number of hydrogen-bond donors (Lipinski definition) is 2. The third-order valence-electron chi connectivity index (χ3n) is 1.77. The van der Waals surface area contributed by atoms with E-state index in [1.54, 1.807) is 13.8 Å². The van der Waals surface area contributed by atoms with Crippen LogP contribution in [0.25, 0.3) is 0 Å². The van der Waals surface area contributed by atoms with Gasteiger partial charge in [0.1, 0.15) is 5.54 Å². The van der Waals surface area contributed by atoms with Gasteiger partial charge in [0.2, 0.25) is 0 Å². The quantitative estimate of drug-likeness (QED) is 0.541. The van der Waals surface area contributed by atoms with E-state index in [-0.39, 0.29) is 19.1 Å². The Labute approximate surface area is 70.4 Å². The molecule has 1 aliphatic rings. The summed E-state index contributed by atoms with van der Waals surface area (Å²) in [5, 5.41) is 11.1. The van der Waals surface area contributed by atoms with Crippen molar-refractivity contribution in [3.63, 3.8) is 0 Å². The van der Waals surface area contributed by atoms with E-state index in [1.165, 1.54) is 0 Å². The lowest BCUT2D eigenvalue weighted by Crippen LogP contribution is -2.40. The first-order valence-corrected chi connectivity index (χ1v) is 3.74. The van der Waals surface area contributed by atoms with Crippen LogP contribution in [0.2, 0.25) is 0 Å². The first-order chi connectivity index (χ1) is 5.49. The molecule has 0 radical (unpaired) electrons. The highest BCUT2D eigenvalue weighted by Gasteiger charge is 2.43. The molecule has 0 aromatic carbocycles. The molecule has 0 bridgehead atoms. The van der Waals surface area contributed by atoms with E-state index in [9.17, 15) is 9.59 Å². The normalized spacial score (nSPS) is 21.4. The van der Waals surface area contributed by atoms with E-state index in [1.807, 2.05) is 0 Å². The van der Waals surface area contributed by atoms with Gasteiger partial charge in [0.25, 0.3) is 5.91 Å². The molecule has 1 rings (SSSR count). The summed E-state index contributed by atoms with van der Waals surface area (Å²) >= 11 is 0. The zero-order valence-electron chi connectivity index (χ0n) is 7.13. The molecular formula is C7H12N2O3. The van der Waals surface area contributed by atoms with Crippen LogP contribution in [0.4, 0.5) is 4.79 Å². The monoisotopic (exact) mass is 172 g/mol. The summed E-state index contributed by atoms with van der Waals surface area (Å²) in [4.78, 5) is 23.4. The molecule has 12 heavy (non-hydrogen) atoms. The molecule has 0 spiro atoms. The van der Waals surface area contributed by atoms with E-state index in [4.69, 9.17) is 5.11 Å². The minimum absolute atomic E-state index is 0.0636. The van der Waals surface area contributed by atoms with Crippen LogP contribution in [0, 0.1) is 0 Å². The summed E-state index contributed by atoms with van der Waals surface area (Å²) in [6.45, 7) is 3.12. The Bertz CT molecular complexity index is 225. The van der Waals surface area contributed by atoms with Gasteiger partial charge in [-0.15, -0.1) is 0 Å². The second kappa shape index (κ2) is 2.75. The fraction of sp³-hybridized carbons (Fsp3) is 0.714. The Morgan fingerprint density at radius 3 is 2.42 bits per heavy atom. The molecule has 5 heteroatoms. The zero-order valence-corrected chi connectivity index (χ0v) is 7.13. The van der Waals surface area contributed by atoms with Crippen LogP contribution in [0.5, 0.6) is 0 Å². The van der Waals surface area contributed by atoms with Gasteiger partial charge in [-0.05, 0) is 13.8 Å². The van der Waals surface area contributed by atoms with Crippen LogP contribution in [-0.4, -0.2) is 40.6 Å². The molecule has 1 aliphatic heterocycles. The largest absolute Gasteiger partial charge is 0.395 e. The maximum atomic E-state index is 11.4. The Kier molecular flexibility index (Phi) is 2.06. The molecule has 0 aliphatic carbocycles. The molecule has 0 saturated carbocycles. The Hall–Kier alpha value is -1.10. The highest BCUT2D eigenvalue weighted by atomic mass is 16.3. The lowest BCUT2D eigenvalue weighted by Gasteiger charge is -2.14. The highest BCUT2D eigenvalue weighted by Crippen LogP contribution is 2.15. The Balaban J connectivity index is 2.78. The van der Waals surface area contributed by atoms with Crippen molar-refractivity contribution in [3.8, 4) is 0 Å². The number of carbonyl (C=O) groups excluding carboxylic acids is 2. The van der Waals surface area contributed by atoms with Gasteiger partial charge in [-0.2, -0.15) is 0 Å². The van der Waals surface area contributed by atoms with Crippen molar-refractivity contribution in [1.82, 2.24) is 10.2 Å². The minimum Gasteiger partial charge on any atom is -0.395 e. The fourth-order valence-corrected chi connectivity index (χ4v) is 1.12. The Morgan fingerprint density at radius 1 is 1.50 bits per heavy atom. The summed E-state index contributed by atoms with van der Waals surface area (Å²) in [7, 11) is 0. The van der Waals surface area contributed by atoms with Gasteiger partial charge >= 0.3 is 6.03 Å². The molecule has 1 fully saturated rings. The van der Waals surface area contributed by atoms with Crippen molar-refractivity contribution in [2.75, 3.05) is 13.2 Å². The van der Waals surface area contributed by atoms with E-state index < -0.39 is 11.6 Å². The van der Waals surface area contributed by atoms with Crippen molar-refractivity contribution in [2.24, 2.45) is 0 Å². The third kappa shape index (κ3) is 1.27. The summed E-state index contributed by atoms with van der Waals surface area (Å²) in [6.07, 6.45) is 0. The predicted molar refractivity (Wildman–Crippen MR) is 41.4 cm³/mol. The van der Waals surface area contributed by atoms with Gasteiger partial charge in [-0.1, -0.05) is 0 Å². The van der Waals surface area contributed by atoms with Gasteiger partial charge in [-0.25, -0.2) is 4.79 Å². The first kappa shape index (κ1) is 8.99. The molecule has 0 aromatic rings. The van der Waals surface area contributed by atoms with Crippen molar-refractivity contribution in [3.05, 3.63) is 0 Å². The number of nitrogens with zero attached hydrogens (tertiary/aromatic N) is 1. The average molecular weight is 172 g/mol. The van der Waals surface area contributed by atoms with Gasteiger partial charge < -0.3 is 10.4 Å². The molecule has 1 heterocycles. The highest BCUT2D eigenvalue weighted by molar-refractivity contribution is 6.06. The number of aliphatic hydroxyl groups is 1. The smallest absolute Gasteiger partial charge is 0.325 e. The molecule has 3 amide bonds. The number of carbonyl (C=O) groups is 2. The molecule has 2 N–H and O–H groups in total. The summed E-state index contributed by atoms with van der Waals surface area (Å²) in [6, 6.07) is -0.431. The van der Waals surface area contributed by atoms with Crippen molar-refractivity contribution < 1.29 is 14.7 Å². The number of imide groups is 1. The SMILES string of the molecule is CC1(C)NC(=O)N(CCO)C1=O. The third-order valence-corrected chi connectivity index (χ3v) is 1.77. The van der Waals surface area contributed by atoms with Crippen LogP contribution < -0.4 is 5.32 Å². The summed E-state index contributed by atoms with van der Waals surface area (Å²) in [5.41, 5.74) is -0.827. The number of urea groups is 1. The lowest BCUT2D eigenvalue weighted by atomic mass is 10.1.